The zero-order chi connectivity index (χ0) is 18.9. The zero-order valence-corrected chi connectivity index (χ0v) is 15.0. The number of fused-ring (bicyclic) bond motifs is 1. The molecule has 0 saturated carbocycles. The van der Waals surface area contributed by atoms with Gasteiger partial charge in [-0.1, -0.05) is 48.5 Å². The number of aliphatic hydroxyl groups is 1. The van der Waals surface area contributed by atoms with Crippen LogP contribution in [0.5, 0.6) is 0 Å². The molecule has 0 aromatic heterocycles. The molecule has 0 spiro atoms. The third-order valence-corrected chi connectivity index (χ3v) is 5.49. The van der Waals surface area contributed by atoms with E-state index < -0.39 is 18.9 Å². The first kappa shape index (κ1) is 18.5. The van der Waals surface area contributed by atoms with Crippen LogP contribution in [-0.4, -0.2) is 35.4 Å². The van der Waals surface area contributed by atoms with Crippen molar-refractivity contribution < 1.29 is 23.4 Å². The summed E-state index contributed by atoms with van der Waals surface area (Å²) < 4.78 is 37.9. The largest absolute Gasteiger partial charge is 0.396 e. The van der Waals surface area contributed by atoms with Crippen LogP contribution in [0.3, 0.4) is 0 Å². The van der Waals surface area contributed by atoms with Gasteiger partial charge in [0.25, 0.3) is 0 Å². The third-order valence-electron chi connectivity index (χ3n) is 5.49. The van der Waals surface area contributed by atoms with Gasteiger partial charge in [0, 0.05) is 6.61 Å². The van der Waals surface area contributed by atoms with E-state index in [1.165, 1.54) is 0 Å². The van der Waals surface area contributed by atoms with Crippen LogP contribution in [0.4, 0.5) is 8.78 Å². The second-order valence-electron chi connectivity index (χ2n) is 7.18. The maximum atomic E-state index is 12.8. The summed E-state index contributed by atoms with van der Waals surface area (Å²) in [5, 5.41) is 9.60. The van der Waals surface area contributed by atoms with Gasteiger partial charge in [-0.3, -0.25) is 0 Å². The van der Waals surface area contributed by atoms with Crippen LogP contribution in [0.25, 0.3) is 0 Å². The highest BCUT2D eigenvalue weighted by Gasteiger charge is 2.56. The standard InChI is InChI=1S/C21H23F2NO3/c22-11-15-1-5-17(6-2-15)19-24-20(18-7-3-16(12-23)4-8-18)27-14-21(24,9-10-25)13-26-19/h1-8,19-20,25H,9-14H2/t19-,20?,21?/m0/s1. The lowest BCUT2D eigenvalue weighted by atomic mass is 9.96. The molecule has 2 aliphatic rings. The van der Waals surface area contributed by atoms with E-state index >= 15 is 0 Å². The van der Waals surface area contributed by atoms with Crippen molar-refractivity contribution in [1.29, 1.82) is 0 Å². The van der Waals surface area contributed by atoms with Crippen LogP contribution in [-0.2, 0) is 22.8 Å². The molecule has 144 valence electrons. The number of ether oxygens (including phenoxy) is 2. The fourth-order valence-electron chi connectivity index (χ4n) is 3.98. The number of halogens is 2. The van der Waals surface area contributed by atoms with Crippen molar-refractivity contribution in [3.05, 3.63) is 70.8 Å². The number of benzene rings is 2. The molecule has 2 fully saturated rings. The Morgan fingerprint density at radius 1 is 0.852 bits per heavy atom. The Morgan fingerprint density at radius 3 is 1.67 bits per heavy atom. The van der Waals surface area contributed by atoms with Crippen molar-refractivity contribution in [3.63, 3.8) is 0 Å². The number of alkyl halides is 2. The summed E-state index contributed by atoms with van der Waals surface area (Å²) in [7, 11) is 0. The first-order chi connectivity index (χ1) is 13.2. The first-order valence-corrected chi connectivity index (χ1v) is 9.13. The van der Waals surface area contributed by atoms with Gasteiger partial charge in [-0.25, -0.2) is 13.7 Å². The van der Waals surface area contributed by atoms with Gasteiger partial charge in [-0.2, -0.15) is 0 Å². The van der Waals surface area contributed by atoms with Gasteiger partial charge >= 0.3 is 0 Å². The first-order valence-electron chi connectivity index (χ1n) is 9.13. The van der Waals surface area contributed by atoms with Gasteiger partial charge < -0.3 is 14.6 Å². The highest BCUT2D eigenvalue weighted by Crippen LogP contribution is 2.50. The molecule has 2 aromatic carbocycles. The summed E-state index contributed by atoms with van der Waals surface area (Å²) in [6.45, 7) is -0.0816. The molecule has 0 amide bonds. The molecule has 0 radical (unpaired) electrons. The number of nitrogens with zero attached hydrogens (tertiary/aromatic N) is 1. The van der Waals surface area contributed by atoms with Crippen molar-refractivity contribution >= 4 is 0 Å². The molecule has 2 unspecified atom stereocenters. The Hall–Kier alpha value is -1.86. The Kier molecular flexibility index (Phi) is 5.23. The maximum absolute atomic E-state index is 12.8. The van der Waals surface area contributed by atoms with Crippen LogP contribution in [0.15, 0.2) is 48.5 Å². The van der Waals surface area contributed by atoms with Crippen molar-refractivity contribution in [2.75, 3.05) is 19.8 Å². The van der Waals surface area contributed by atoms with E-state index in [2.05, 4.69) is 4.90 Å². The summed E-state index contributed by atoms with van der Waals surface area (Å²) >= 11 is 0. The fraction of sp³-hybridized carbons (Fsp3) is 0.429. The van der Waals surface area contributed by atoms with Gasteiger partial charge in [0.1, 0.15) is 25.8 Å². The monoisotopic (exact) mass is 375 g/mol. The molecule has 4 rings (SSSR count). The van der Waals surface area contributed by atoms with E-state index in [9.17, 15) is 13.9 Å². The van der Waals surface area contributed by atoms with Gasteiger partial charge in [0.2, 0.25) is 0 Å². The summed E-state index contributed by atoms with van der Waals surface area (Å²) in [6, 6.07) is 14.5. The molecular formula is C21H23F2NO3. The molecule has 4 nitrogen and oxygen atoms in total. The Labute approximate surface area is 157 Å². The predicted molar refractivity (Wildman–Crippen MR) is 96.2 cm³/mol. The Balaban J connectivity index is 1.68. The highest BCUT2D eigenvalue weighted by atomic mass is 19.1. The molecule has 6 heteroatoms. The molecule has 2 saturated heterocycles. The van der Waals surface area contributed by atoms with Crippen molar-refractivity contribution in [2.45, 2.75) is 37.8 Å². The van der Waals surface area contributed by atoms with Crippen LogP contribution in [0, 0.1) is 0 Å². The number of rotatable bonds is 6. The summed E-state index contributed by atoms with van der Waals surface area (Å²) in [5.74, 6) is 0. The second kappa shape index (κ2) is 7.64. The normalized spacial score (nSPS) is 27.8. The summed E-state index contributed by atoms with van der Waals surface area (Å²) in [6.07, 6.45) is -0.164. The minimum Gasteiger partial charge on any atom is -0.396 e. The zero-order valence-electron chi connectivity index (χ0n) is 15.0. The Morgan fingerprint density at radius 2 is 1.30 bits per heavy atom. The van der Waals surface area contributed by atoms with Crippen molar-refractivity contribution in [3.8, 4) is 0 Å². The quantitative estimate of drug-likeness (QED) is 0.834. The van der Waals surface area contributed by atoms with Gasteiger partial charge in [0.15, 0.2) is 0 Å². The van der Waals surface area contributed by atoms with Gasteiger partial charge in [-0.15, -0.1) is 0 Å². The second-order valence-corrected chi connectivity index (χ2v) is 7.18. The number of hydrogen-bond donors (Lipinski definition) is 1. The highest BCUT2D eigenvalue weighted by molar-refractivity contribution is 5.29. The number of aliphatic hydroxyl groups excluding tert-OH is 1. The maximum Gasteiger partial charge on any atom is 0.139 e. The fourth-order valence-corrected chi connectivity index (χ4v) is 3.98. The van der Waals surface area contributed by atoms with E-state index in [1.54, 1.807) is 24.3 Å². The van der Waals surface area contributed by atoms with E-state index in [4.69, 9.17) is 9.47 Å². The van der Waals surface area contributed by atoms with Gasteiger partial charge in [0.05, 0.1) is 18.8 Å². The van der Waals surface area contributed by atoms with E-state index in [1.807, 2.05) is 24.3 Å². The minimum atomic E-state index is -0.503. The van der Waals surface area contributed by atoms with Crippen LogP contribution < -0.4 is 0 Å². The van der Waals surface area contributed by atoms with Crippen molar-refractivity contribution in [1.82, 2.24) is 4.90 Å². The van der Waals surface area contributed by atoms with Crippen LogP contribution in [0.2, 0.25) is 0 Å². The van der Waals surface area contributed by atoms with Crippen molar-refractivity contribution in [2.24, 2.45) is 0 Å². The molecular weight excluding hydrogens is 352 g/mol. The average molecular weight is 375 g/mol. The molecule has 27 heavy (non-hydrogen) atoms. The lowest BCUT2D eigenvalue weighted by Gasteiger charge is -2.34. The van der Waals surface area contributed by atoms with E-state index in [0.717, 1.165) is 11.1 Å². The minimum absolute atomic E-state index is 0.0320. The van der Waals surface area contributed by atoms with Gasteiger partial charge in [-0.05, 0) is 28.7 Å². The third kappa shape index (κ3) is 3.27. The lowest BCUT2D eigenvalue weighted by molar-refractivity contribution is -0.0623. The molecule has 2 aromatic rings. The molecule has 2 aliphatic heterocycles. The van der Waals surface area contributed by atoms with Crippen LogP contribution >= 0.6 is 0 Å². The molecule has 1 N–H and O–H groups in total. The summed E-state index contributed by atoms with van der Waals surface area (Å²) in [4.78, 5) is 2.15. The molecule has 2 heterocycles. The van der Waals surface area contributed by atoms with E-state index in [0.29, 0.717) is 30.8 Å². The summed E-state index contributed by atoms with van der Waals surface area (Å²) in [5.41, 5.74) is 2.66. The lowest BCUT2D eigenvalue weighted by Crippen LogP contribution is -2.45. The SMILES string of the molecule is OCCC12COC(c3ccc(CF)cc3)N1[C@H](c1ccc(CF)cc1)OC2. The molecule has 0 bridgehead atoms. The topological polar surface area (TPSA) is 41.9 Å². The average Bonchev–Trinajstić information content (AvgIpc) is 3.25. The van der Waals surface area contributed by atoms with Crippen LogP contribution in [0.1, 0.15) is 41.1 Å². The Bertz CT molecular complexity index is 707. The van der Waals surface area contributed by atoms with E-state index in [-0.39, 0.29) is 19.1 Å². The number of hydrogen-bond acceptors (Lipinski definition) is 4. The smallest absolute Gasteiger partial charge is 0.139 e. The predicted octanol–water partition coefficient (Wildman–Crippen LogP) is 3.81. The molecule has 0 aliphatic carbocycles. The molecule has 3 atom stereocenters.